The summed E-state index contributed by atoms with van der Waals surface area (Å²) in [5.41, 5.74) is 11.4. The van der Waals surface area contributed by atoms with Gasteiger partial charge in [-0.2, -0.15) is 0 Å². The van der Waals surface area contributed by atoms with E-state index in [2.05, 4.69) is 27.4 Å². The molecule has 10 heteroatoms. The largest absolute Gasteiger partial charge is 0.383 e. The lowest BCUT2D eigenvalue weighted by Gasteiger charge is -2.39. The van der Waals surface area contributed by atoms with E-state index in [0.29, 0.717) is 41.1 Å². The van der Waals surface area contributed by atoms with Crippen molar-refractivity contribution in [2.24, 2.45) is 17.8 Å². The molecule has 0 atom stereocenters. The maximum Gasteiger partial charge on any atom is 0.261 e. The van der Waals surface area contributed by atoms with Crippen molar-refractivity contribution < 1.29 is 14.0 Å². The summed E-state index contributed by atoms with van der Waals surface area (Å²) >= 11 is 0. The molecule has 3 fully saturated rings. The Bertz CT molecular complexity index is 2220. The van der Waals surface area contributed by atoms with Crippen molar-refractivity contribution >= 4 is 23.3 Å². The number of nitrogen functional groups attached to an aromatic ring is 1. The molecule has 2 amide bonds. The van der Waals surface area contributed by atoms with Crippen LogP contribution in [0.15, 0.2) is 90.2 Å². The van der Waals surface area contributed by atoms with Gasteiger partial charge >= 0.3 is 0 Å². The van der Waals surface area contributed by atoms with E-state index in [4.69, 9.17) is 5.73 Å². The van der Waals surface area contributed by atoms with Gasteiger partial charge in [-0.3, -0.25) is 19.4 Å². The number of pyridine rings is 3. The van der Waals surface area contributed by atoms with Crippen LogP contribution in [0.25, 0.3) is 33.5 Å². The number of hydrogen-bond acceptors (Lipinski definition) is 6. The third-order valence-electron chi connectivity index (χ3n) is 10.6. The van der Waals surface area contributed by atoms with E-state index in [9.17, 15) is 14.4 Å². The molecule has 2 aliphatic carbocycles. The highest BCUT2D eigenvalue weighted by atomic mass is 19.1. The molecule has 4 heterocycles. The number of halogens is 1. The van der Waals surface area contributed by atoms with Crippen LogP contribution in [0.2, 0.25) is 0 Å². The normalized spacial score (nSPS) is 15.9. The lowest BCUT2D eigenvalue weighted by atomic mass is 9.85. The molecule has 0 unspecified atom stereocenters. The Morgan fingerprint density at radius 3 is 2.33 bits per heavy atom. The number of hydrogen-bond donors (Lipinski definition) is 2. The van der Waals surface area contributed by atoms with E-state index in [1.807, 2.05) is 40.7 Å². The smallest absolute Gasteiger partial charge is 0.261 e. The van der Waals surface area contributed by atoms with Gasteiger partial charge in [0.05, 0.1) is 11.3 Å². The van der Waals surface area contributed by atoms with E-state index in [1.54, 1.807) is 43.0 Å². The van der Waals surface area contributed by atoms with Crippen molar-refractivity contribution in [2.45, 2.75) is 52.0 Å². The monoisotopic (exact) mass is 696 g/mol. The van der Waals surface area contributed by atoms with Crippen LogP contribution in [0.5, 0.6) is 0 Å². The number of rotatable bonds is 10. The minimum Gasteiger partial charge on any atom is -0.383 e. The molecule has 2 saturated carbocycles. The molecule has 0 bridgehead atoms. The predicted molar refractivity (Wildman–Crippen MR) is 200 cm³/mol. The molecule has 2 aromatic carbocycles. The highest BCUT2D eigenvalue weighted by Gasteiger charge is 2.39. The van der Waals surface area contributed by atoms with Gasteiger partial charge in [0.2, 0.25) is 11.3 Å². The summed E-state index contributed by atoms with van der Waals surface area (Å²) in [6.45, 7) is 4.28. The van der Waals surface area contributed by atoms with Crippen LogP contribution in [-0.4, -0.2) is 44.3 Å². The average molecular weight is 697 g/mol. The molecule has 52 heavy (non-hydrogen) atoms. The maximum atomic E-state index is 15.8. The summed E-state index contributed by atoms with van der Waals surface area (Å²) < 4.78 is 17.7. The lowest BCUT2D eigenvalue weighted by molar-refractivity contribution is -0.138. The molecule has 1 aliphatic heterocycles. The molecular weight excluding hydrogens is 655 g/mol. The Morgan fingerprint density at radius 2 is 1.65 bits per heavy atom. The molecule has 3 aliphatic rings. The first-order valence-corrected chi connectivity index (χ1v) is 18.1. The van der Waals surface area contributed by atoms with Crippen LogP contribution in [-0.2, 0) is 17.8 Å². The SMILES string of the molecule is Cc1ccc(-c2cn(CC3CCC3)cc(C(=O)Nc3ccc(-c4cc(-c5ccc(CC6CN(C(=O)C7CC7)C6)cc5)cnc4N)c(F)c3)c2=O)nc1. The summed E-state index contributed by atoms with van der Waals surface area (Å²) in [6.07, 6.45) is 13.1. The minimum absolute atomic E-state index is 0.0332. The fourth-order valence-electron chi connectivity index (χ4n) is 7.17. The van der Waals surface area contributed by atoms with Gasteiger partial charge < -0.3 is 20.5 Å². The fraction of sp³-hybridized carbons (Fsp3) is 0.310. The van der Waals surface area contributed by atoms with Crippen LogP contribution >= 0.6 is 0 Å². The second-order valence-electron chi connectivity index (χ2n) is 14.7. The van der Waals surface area contributed by atoms with Gasteiger partial charge in [-0.15, -0.1) is 0 Å². The lowest BCUT2D eigenvalue weighted by Crippen LogP contribution is -2.51. The zero-order chi connectivity index (χ0) is 35.9. The third kappa shape index (κ3) is 6.97. The Labute approximate surface area is 301 Å². The van der Waals surface area contributed by atoms with Crippen LogP contribution < -0.4 is 16.5 Å². The first-order chi connectivity index (χ1) is 25.2. The van der Waals surface area contributed by atoms with E-state index < -0.39 is 17.2 Å². The number of nitrogens with zero attached hydrogens (tertiary/aromatic N) is 4. The van der Waals surface area contributed by atoms with Gasteiger partial charge in [0, 0.05) is 72.7 Å². The van der Waals surface area contributed by atoms with Crippen LogP contribution in [0.1, 0.15) is 53.6 Å². The Kier molecular flexibility index (Phi) is 8.90. The molecule has 0 spiro atoms. The summed E-state index contributed by atoms with van der Waals surface area (Å²) in [5.74, 6) is 0.523. The highest BCUT2D eigenvalue weighted by Crippen LogP contribution is 2.35. The van der Waals surface area contributed by atoms with Crippen molar-refractivity contribution in [3.8, 4) is 33.5 Å². The summed E-state index contributed by atoms with van der Waals surface area (Å²) in [5, 5.41) is 2.73. The van der Waals surface area contributed by atoms with Gasteiger partial charge in [0.25, 0.3) is 5.91 Å². The van der Waals surface area contributed by atoms with Crippen LogP contribution in [0, 0.1) is 30.5 Å². The highest BCUT2D eigenvalue weighted by molar-refractivity contribution is 6.04. The molecule has 3 N–H and O–H groups in total. The van der Waals surface area contributed by atoms with Gasteiger partial charge in [-0.05, 0) is 97.9 Å². The number of anilines is 2. The van der Waals surface area contributed by atoms with Crippen molar-refractivity contribution in [3.63, 3.8) is 0 Å². The summed E-state index contributed by atoms with van der Waals surface area (Å²) in [7, 11) is 0. The van der Waals surface area contributed by atoms with Crippen molar-refractivity contribution in [3.05, 3.63) is 118 Å². The summed E-state index contributed by atoms with van der Waals surface area (Å²) in [4.78, 5) is 50.2. The number of aromatic nitrogens is 3. The first kappa shape index (κ1) is 33.5. The molecule has 1 saturated heterocycles. The number of carbonyl (C=O) groups is 2. The zero-order valence-corrected chi connectivity index (χ0v) is 29.1. The zero-order valence-electron chi connectivity index (χ0n) is 29.1. The molecule has 3 aromatic heterocycles. The van der Waals surface area contributed by atoms with Crippen molar-refractivity contribution in [1.82, 2.24) is 19.4 Å². The van der Waals surface area contributed by atoms with Gasteiger partial charge in [0.15, 0.2) is 0 Å². The number of nitrogens with one attached hydrogen (secondary N) is 1. The van der Waals surface area contributed by atoms with Gasteiger partial charge in [-0.1, -0.05) is 36.8 Å². The van der Waals surface area contributed by atoms with Crippen molar-refractivity contribution in [2.75, 3.05) is 24.1 Å². The quantitative estimate of drug-likeness (QED) is 0.160. The van der Waals surface area contributed by atoms with Crippen LogP contribution in [0.3, 0.4) is 0 Å². The first-order valence-electron chi connectivity index (χ1n) is 18.1. The maximum absolute atomic E-state index is 15.8. The number of likely N-dealkylation sites (tertiary alicyclic amines) is 1. The second-order valence-corrected chi connectivity index (χ2v) is 14.7. The fourth-order valence-corrected chi connectivity index (χ4v) is 7.17. The van der Waals surface area contributed by atoms with E-state index >= 15 is 4.39 Å². The number of nitrogens with two attached hydrogens (primary N) is 1. The van der Waals surface area contributed by atoms with E-state index in [-0.39, 0.29) is 28.6 Å². The molecule has 8 rings (SSSR count). The molecule has 0 radical (unpaired) electrons. The molecule has 5 aromatic rings. The second kappa shape index (κ2) is 13.8. The number of aryl methyl sites for hydroxylation is 1. The summed E-state index contributed by atoms with van der Waals surface area (Å²) in [6, 6.07) is 18.1. The van der Waals surface area contributed by atoms with E-state index in [0.717, 1.165) is 61.9 Å². The van der Waals surface area contributed by atoms with Gasteiger partial charge in [-0.25, -0.2) is 9.37 Å². The average Bonchev–Trinajstić information content (AvgIpc) is 3.95. The number of amides is 2. The molecule has 264 valence electrons. The minimum atomic E-state index is -0.624. The number of carbonyl (C=O) groups excluding carboxylic acids is 2. The third-order valence-corrected chi connectivity index (χ3v) is 10.6. The van der Waals surface area contributed by atoms with E-state index in [1.165, 1.54) is 18.1 Å². The number of benzene rings is 2. The standard InChI is InChI=1S/C42H41FN6O3/c1-25-5-14-38(45-18-25)35-23-48(20-27-3-2-4-27)24-36(39(35)50)41(51)47-32-12-13-33(37(43)17-32)34-16-31(19-46-40(34)44)29-8-6-26(7-9-29)15-28-21-49(22-28)42(52)30-10-11-30/h5-9,12-14,16-19,23-24,27-28,30H,2-4,10-11,15,20-22H2,1H3,(H2,44,46)(H,47,51). The topological polar surface area (TPSA) is 123 Å². The Morgan fingerprint density at radius 1 is 0.865 bits per heavy atom. The molecule has 9 nitrogen and oxygen atoms in total. The van der Waals surface area contributed by atoms with Crippen LogP contribution in [0.4, 0.5) is 15.9 Å². The Hall–Kier alpha value is -5.64. The van der Waals surface area contributed by atoms with Gasteiger partial charge in [0.1, 0.15) is 17.2 Å². The predicted octanol–water partition coefficient (Wildman–Crippen LogP) is 7.13. The Balaban J connectivity index is 0.981. The van der Waals surface area contributed by atoms with Crippen molar-refractivity contribution in [1.29, 1.82) is 0 Å². The molecular formula is C42H41FN6O3.